The van der Waals surface area contributed by atoms with E-state index in [1.165, 1.54) is 110 Å². The lowest BCUT2D eigenvalue weighted by Gasteiger charge is -2.42. The minimum absolute atomic E-state index is 0.156. The van der Waals surface area contributed by atoms with E-state index in [9.17, 15) is 13.2 Å². The predicted octanol–water partition coefficient (Wildman–Crippen LogP) is 22.9. The molecule has 0 aliphatic heterocycles. The second kappa shape index (κ2) is 29.6. The molecule has 2 aliphatic rings. The zero-order valence-corrected chi connectivity index (χ0v) is 49.4. The Kier molecular flexibility index (Phi) is 32.6. The van der Waals surface area contributed by atoms with Crippen molar-refractivity contribution in [3.05, 3.63) is 0 Å². The fourth-order valence-corrected chi connectivity index (χ4v) is 11.4. The third-order valence-electron chi connectivity index (χ3n) is 13.3. The molecular weight excluding hydrogens is 778 g/mol. The van der Waals surface area contributed by atoms with Crippen LogP contribution < -0.4 is 0 Å². The van der Waals surface area contributed by atoms with E-state index in [1.54, 1.807) is 0 Å². The summed E-state index contributed by atoms with van der Waals surface area (Å²) < 4.78 is 37.1. The van der Waals surface area contributed by atoms with E-state index in [4.69, 9.17) is 0 Å². The van der Waals surface area contributed by atoms with Crippen LogP contribution in [0.3, 0.4) is 0 Å². The zero-order chi connectivity index (χ0) is 51.3. The summed E-state index contributed by atoms with van der Waals surface area (Å²) in [5.74, 6) is 5.57. The normalized spacial score (nSPS) is 16.6. The smallest absolute Gasteiger partial charge is 0.171 e. The second-order valence-electron chi connectivity index (χ2n) is 29.7. The molecule has 0 spiro atoms. The van der Waals surface area contributed by atoms with Gasteiger partial charge in [0.2, 0.25) is 0 Å². The van der Waals surface area contributed by atoms with Crippen LogP contribution in [0.5, 0.6) is 0 Å². The van der Waals surface area contributed by atoms with Crippen LogP contribution in [-0.4, -0.2) is 6.18 Å². The highest BCUT2D eigenvalue weighted by molar-refractivity contribution is 4.85. The minimum atomic E-state index is -4.10. The van der Waals surface area contributed by atoms with Crippen molar-refractivity contribution in [1.29, 1.82) is 0 Å². The van der Waals surface area contributed by atoms with E-state index in [0.717, 1.165) is 35.5 Å². The van der Waals surface area contributed by atoms with Crippen molar-refractivity contribution in [2.24, 2.45) is 78.8 Å². The summed E-state index contributed by atoms with van der Waals surface area (Å²) in [4.78, 5) is 0. The van der Waals surface area contributed by atoms with Crippen LogP contribution in [0.1, 0.15) is 304 Å². The molecule has 2 aliphatic carbocycles. The van der Waals surface area contributed by atoms with Crippen LogP contribution >= 0.6 is 0 Å². The van der Waals surface area contributed by atoms with Crippen LogP contribution in [0.2, 0.25) is 0 Å². The molecule has 0 amide bonds. The number of alkyl halides is 3. The molecule has 0 radical (unpaired) electrons. The highest BCUT2D eigenvalue weighted by atomic mass is 19.4. The molecule has 0 atom stereocenters. The van der Waals surface area contributed by atoms with E-state index in [1.807, 2.05) is 20.8 Å². The topological polar surface area (TPSA) is 0 Å². The van der Waals surface area contributed by atoms with Gasteiger partial charge in [0, 0.05) is 0 Å². The Morgan fingerprint density at radius 2 is 0.667 bits per heavy atom. The lowest BCUT2D eigenvalue weighted by Crippen LogP contribution is -2.35. The summed E-state index contributed by atoms with van der Waals surface area (Å²) in [5, 5.41) is 0. The van der Waals surface area contributed by atoms with Crippen molar-refractivity contribution in [2.75, 3.05) is 0 Å². The molecule has 0 heterocycles. The van der Waals surface area contributed by atoms with Crippen molar-refractivity contribution in [1.82, 2.24) is 0 Å². The van der Waals surface area contributed by atoms with Crippen LogP contribution in [0.15, 0.2) is 0 Å². The third kappa shape index (κ3) is 39.5. The summed E-state index contributed by atoms with van der Waals surface area (Å²) in [6.45, 7) is 64.0. The highest BCUT2D eigenvalue weighted by Crippen LogP contribution is 2.46. The maximum atomic E-state index is 12.4. The molecule has 2 rings (SSSR count). The maximum Gasteiger partial charge on any atom is 0.393 e. The standard InChI is InChI=1S/C15H32.C10H20.C9H17F3.C9H18.C9H20.C8H18/c1-8-12(9-2)14(15(5,6)7)13(10-3)11-4;1-10(2,3)9-7-5-4-6-8-9;1-7(2,3)6-8(4,5)9(10,11)12;1-9(2,3)8-6-4-5-7-8;1-8(2,3)7-9(4,5)6;1-7(2)6-8(3,4)5/h12-14H,8-11H2,1-7H3;9H,4-8H2,1-3H3;6H2,1-5H3;8H,4-7H2,1-3H3;7H2,1-6H3;7H,6H2,1-5H3. The molecule has 2 saturated carbocycles. The average Bonchev–Trinajstić information content (AvgIpc) is 3.58. The number of rotatable bonds is 8. The fourth-order valence-electron chi connectivity index (χ4n) is 11.4. The molecule has 0 N–H and O–H groups in total. The molecule has 2 fully saturated rings. The van der Waals surface area contributed by atoms with Crippen molar-refractivity contribution >= 4 is 0 Å². The lowest BCUT2D eigenvalue weighted by atomic mass is 9.64. The SMILES string of the molecule is CC(C)(C)C1CCCC1.CC(C)(C)C1CCCCC1.CC(C)(C)CC(C)(C)C.CC(C)(C)CC(C)(C)C(F)(F)F.CC(C)CC(C)(C)C.CCC(CC)C(C(CC)CC)C(C)(C)C. The molecule has 0 bridgehead atoms. The van der Waals surface area contributed by atoms with Gasteiger partial charge in [0.25, 0.3) is 0 Å². The Hall–Kier alpha value is -0.210. The summed E-state index contributed by atoms with van der Waals surface area (Å²) in [5.41, 5.74) is 1.25. The number of hydrogen-bond acceptors (Lipinski definition) is 0. The van der Waals surface area contributed by atoms with Crippen molar-refractivity contribution in [2.45, 2.75) is 310 Å². The molecule has 63 heavy (non-hydrogen) atoms. The van der Waals surface area contributed by atoms with Gasteiger partial charge in [-0.2, -0.15) is 13.2 Å². The Labute approximate surface area is 400 Å². The molecule has 0 saturated heterocycles. The molecule has 0 aromatic heterocycles. The van der Waals surface area contributed by atoms with E-state index < -0.39 is 11.6 Å². The van der Waals surface area contributed by atoms with Gasteiger partial charge in [0.1, 0.15) is 0 Å². The van der Waals surface area contributed by atoms with Crippen molar-refractivity contribution < 1.29 is 13.2 Å². The Morgan fingerprint density at radius 3 is 0.778 bits per heavy atom. The first kappa shape index (κ1) is 69.4. The molecule has 0 unspecified atom stereocenters. The molecule has 3 heteroatoms. The molecule has 0 nitrogen and oxygen atoms in total. The van der Waals surface area contributed by atoms with Crippen molar-refractivity contribution in [3.63, 3.8) is 0 Å². The molecular formula is C60H125F3. The first-order valence-corrected chi connectivity index (χ1v) is 26.8. The van der Waals surface area contributed by atoms with Gasteiger partial charge in [-0.25, -0.2) is 0 Å². The van der Waals surface area contributed by atoms with E-state index in [-0.39, 0.29) is 11.8 Å². The van der Waals surface area contributed by atoms with Gasteiger partial charge in [-0.1, -0.05) is 259 Å². The Balaban J connectivity index is -0.000000336. The third-order valence-corrected chi connectivity index (χ3v) is 13.3. The van der Waals surface area contributed by atoms with Gasteiger partial charge in [-0.3, -0.25) is 0 Å². The number of hydrogen-bond donors (Lipinski definition) is 0. The fraction of sp³-hybridized carbons (Fsp3) is 1.00. The molecule has 0 aromatic rings. The van der Waals surface area contributed by atoms with Crippen LogP contribution in [0.25, 0.3) is 0 Å². The summed E-state index contributed by atoms with van der Waals surface area (Å²) in [6.07, 6.45) is 17.3. The van der Waals surface area contributed by atoms with Gasteiger partial charge in [0.05, 0.1) is 5.41 Å². The maximum absolute atomic E-state index is 12.4. The van der Waals surface area contributed by atoms with Crippen LogP contribution in [0, 0.1) is 78.8 Å². The van der Waals surface area contributed by atoms with Crippen LogP contribution in [-0.2, 0) is 0 Å². The minimum Gasteiger partial charge on any atom is -0.171 e. The zero-order valence-electron chi connectivity index (χ0n) is 49.4. The first-order chi connectivity index (χ1) is 27.7. The van der Waals surface area contributed by atoms with Crippen LogP contribution in [0.4, 0.5) is 13.2 Å². The number of halogens is 3. The van der Waals surface area contributed by atoms with E-state index >= 15 is 0 Å². The van der Waals surface area contributed by atoms with E-state index in [0.29, 0.717) is 32.5 Å². The lowest BCUT2D eigenvalue weighted by molar-refractivity contribution is -0.220. The average molecular weight is 904 g/mol. The van der Waals surface area contributed by atoms with Gasteiger partial charge < -0.3 is 0 Å². The van der Waals surface area contributed by atoms with Crippen molar-refractivity contribution in [3.8, 4) is 0 Å². The largest absolute Gasteiger partial charge is 0.393 e. The molecule has 386 valence electrons. The van der Waals surface area contributed by atoms with Gasteiger partial charge >= 0.3 is 6.18 Å². The second-order valence-corrected chi connectivity index (χ2v) is 29.7. The molecule has 0 aromatic carbocycles. The first-order valence-electron chi connectivity index (χ1n) is 26.8. The monoisotopic (exact) mass is 903 g/mol. The van der Waals surface area contributed by atoms with Gasteiger partial charge in [-0.15, -0.1) is 0 Å². The Bertz CT molecular complexity index is 1030. The van der Waals surface area contributed by atoms with Gasteiger partial charge in [0.15, 0.2) is 0 Å². The van der Waals surface area contributed by atoms with Gasteiger partial charge in [-0.05, 0) is 118 Å². The van der Waals surface area contributed by atoms with E-state index in [2.05, 4.69) is 166 Å². The predicted molar refractivity (Wildman–Crippen MR) is 285 cm³/mol. The summed E-state index contributed by atoms with van der Waals surface area (Å²) in [7, 11) is 0. The Morgan fingerprint density at radius 1 is 0.397 bits per heavy atom. The summed E-state index contributed by atoms with van der Waals surface area (Å²) >= 11 is 0. The quantitative estimate of drug-likeness (QED) is 0.228. The summed E-state index contributed by atoms with van der Waals surface area (Å²) in [6, 6.07) is 0. The highest BCUT2D eigenvalue weighted by Gasteiger charge is 2.48.